The molecule has 2 aromatic carbocycles. The number of hydrogen-bond acceptors (Lipinski definition) is 3. The topological polar surface area (TPSA) is 29.8 Å². The number of morpholine rings is 1. The fraction of sp³-hybridized carbons (Fsp3) is 0.227. The number of aromatic nitrogens is 1. The van der Waals surface area contributed by atoms with Gasteiger partial charge < -0.3 is 14.2 Å². The van der Waals surface area contributed by atoms with E-state index in [4.69, 9.17) is 4.74 Å². The van der Waals surface area contributed by atoms with Crippen LogP contribution in [-0.4, -0.2) is 37.1 Å². The summed E-state index contributed by atoms with van der Waals surface area (Å²) in [6, 6.07) is 16.8. The predicted octanol–water partition coefficient (Wildman–Crippen LogP) is 4.41. The van der Waals surface area contributed by atoms with Gasteiger partial charge in [0.2, 0.25) is 0 Å². The Kier molecular flexibility index (Phi) is 4.84. The van der Waals surface area contributed by atoms with Crippen molar-refractivity contribution >= 4 is 28.5 Å². The number of rotatable bonds is 5. The molecule has 0 N–H and O–H groups in total. The summed E-state index contributed by atoms with van der Waals surface area (Å²) in [5.41, 5.74) is 4.52. The van der Waals surface area contributed by atoms with Gasteiger partial charge in [-0.2, -0.15) is 0 Å². The summed E-state index contributed by atoms with van der Waals surface area (Å²) >= 11 is 0. The molecule has 3 aromatic rings. The lowest BCUT2D eigenvalue weighted by atomic mass is 10.2. The first kappa shape index (κ1) is 16.6. The number of allylic oxidation sites excluding steroid dienone is 1. The zero-order valence-electron chi connectivity index (χ0n) is 14.8. The van der Waals surface area contributed by atoms with E-state index in [1.54, 1.807) is 0 Å². The standard InChI is InChI=1S/C22H23N3O/c1-2-11-25-17-18(21-5-3-4-6-22(21)25)16-23-19-7-9-20(10-8-19)24-12-14-26-15-13-24/h2-10,16-17H,1,11-15H2. The van der Waals surface area contributed by atoms with E-state index >= 15 is 0 Å². The van der Waals surface area contributed by atoms with E-state index in [2.05, 4.69) is 75.8 Å². The van der Waals surface area contributed by atoms with Gasteiger partial charge in [-0.1, -0.05) is 24.3 Å². The summed E-state index contributed by atoms with van der Waals surface area (Å²) in [6.07, 6.45) is 6.00. The van der Waals surface area contributed by atoms with Crippen molar-refractivity contribution in [3.63, 3.8) is 0 Å². The van der Waals surface area contributed by atoms with Crippen molar-refractivity contribution < 1.29 is 4.74 Å². The minimum absolute atomic E-state index is 0.794. The first-order chi connectivity index (χ1) is 12.8. The number of benzene rings is 2. The summed E-state index contributed by atoms with van der Waals surface area (Å²) in [4.78, 5) is 7.03. The highest BCUT2D eigenvalue weighted by Gasteiger charge is 2.10. The molecule has 0 atom stereocenters. The van der Waals surface area contributed by atoms with Crippen molar-refractivity contribution in [3.05, 3.63) is 72.9 Å². The maximum absolute atomic E-state index is 5.41. The molecule has 0 bridgehead atoms. The largest absolute Gasteiger partial charge is 0.378 e. The fourth-order valence-electron chi connectivity index (χ4n) is 3.38. The van der Waals surface area contributed by atoms with Crippen molar-refractivity contribution in [2.75, 3.05) is 31.2 Å². The van der Waals surface area contributed by atoms with E-state index in [-0.39, 0.29) is 0 Å². The normalized spacial score (nSPS) is 15.0. The molecule has 1 aliphatic heterocycles. The smallest absolute Gasteiger partial charge is 0.0642 e. The van der Waals surface area contributed by atoms with Crippen molar-refractivity contribution in [1.29, 1.82) is 0 Å². The Morgan fingerprint density at radius 2 is 1.81 bits per heavy atom. The number of hydrogen-bond donors (Lipinski definition) is 0. The summed E-state index contributed by atoms with van der Waals surface area (Å²) < 4.78 is 7.61. The number of aliphatic imine (C=N–C) groups is 1. The van der Waals surface area contributed by atoms with Crippen LogP contribution in [0.2, 0.25) is 0 Å². The van der Waals surface area contributed by atoms with Gasteiger partial charge in [0, 0.05) is 54.2 Å². The zero-order chi connectivity index (χ0) is 17.8. The third-order valence-electron chi connectivity index (χ3n) is 4.72. The van der Waals surface area contributed by atoms with Crippen LogP contribution in [0.5, 0.6) is 0 Å². The van der Waals surface area contributed by atoms with Gasteiger partial charge in [0.25, 0.3) is 0 Å². The van der Waals surface area contributed by atoms with Crippen LogP contribution >= 0.6 is 0 Å². The molecule has 0 spiro atoms. The van der Waals surface area contributed by atoms with Gasteiger partial charge in [-0.25, -0.2) is 0 Å². The van der Waals surface area contributed by atoms with Crippen molar-refractivity contribution in [2.45, 2.75) is 6.54 Å². The molecule has 0 unspecified atom stereocenters. The molecule has 4 nitrogen and oxygen atoms in total. The average molecular weight is 345 g/mol. The van der Waals surface area contributed by atoms with Crippen LogP contribution < -0.4 is 4.90 Å². The van der Waals surface area contributed by atoms with Crippen LogP contribution in [0.1, 0.15) is 5.56 Å². The van der Waals surface area contributed by atoms with E-state index in [9.17, 15) is 0 Å². The third-order valence-corrected chi connectivity index (χ3v) is 4.72. The Bertz CT molecular complexity index is 918. The van der Waals surface area contributed by atoms with Crippen LogP contribution in [-0.2, 0) is 11.3 Å². The van der Waals surface area contributed by atoms with Gasteiger partial charge >= 0.3 is 0 Å². The molecule has 0 amide bonds. The Labute approximate surface area is 154 Å². The van der Waals surface area contributed by atoms with E-state index in [0.717, 1.165) is 44.1 Å². The van der Waals surface area contributed by atoms with Crippen molar-refractivity contribution in [3.8, 4) is 0 Å². The van der Waals surface area contributed by atoms with E-state index in [1.807, 2.05) is 12.3 Å². The predicted molar refractivity (Wildman–Crippen MR) is 109 cm³/mol. The molecule has 1 aromatic heterocycles. The fourth-order valence-corrected chi connectivity index (χ4v) is 3.38. The minimum Gasteiger partial charge on any atom is -0.378 e. The first-order valence-corrected chi connectivity index (χ1v) is 9.01. The summed E-state index contributed by atoms with van der Waals surface area (Å²) in [5.74, 6) is 0. The minimum atomic E-state index is 0.794. The number of anilines is 1. The number of para-hydroxylation sites is 1. The third kappa shape index (κ3) is 3.41. The van der Waals surface area contributed by atoms with E-state index in [1.165, 1.54) is 16.6 Å². The monoisotopic (exact) mass is 345 g/mol. The second kappa shape index (κ2) is 7.58. The van der Waals surface area contributed by atoms with Crippen LogP contribution in [0.15, 0.2) is 72.4 Å². The van der Waals surface area contributed by atoms with Crippen LogP contribution in [0.25, 0.3) is 10.9 Å². The van der Waals surface area contributed by atoms with Gasteiger partial charge in [0.15, 0.2) is 0 Å². The maximum Gasteiger partial charge on any atom is 0.0642 e. The second-order valence-electron chi connectivity index (χ2n) is 6.42. The van der Waals surface area contributed by atoms with E-state index in [0.29, 0.717) is 0 Å². The lowest BCUT2D eigenvalue weighted by molar-refractivity contribution is 0.122. The van der Waals surface area contributed by atoms with Gasteiger partial charge in [-0.15, -0.1) is 6.58 Å². The van der Waals surface area contributed by atoms with Gasteiger partial charge in [-0.05, 0) is 30.3 Å². The first-order valence-electron chi connectivity index (χ1n) is 9.01. The molecule has 4 heteroatoms. The average Bonchev–Trinajstić information content (AvgIpc) is 3.06. The Morgan fingerprint density at radius 1 is 1.04 bits per heavy atom. The molecule has 26 heavy (non-hydrogen) atoms. The van der Waals surface area contributed by atoms with Gasteiger partial charge in [0.05, 0.1) is 18.9 Å². The summed E-state index contributed by atoms with van der Waals surface area (Å²) in [5, 5.41) is 1.21. The molecule has 1 aliphatic rings. The van der Waals surface area contributed by atoms with Crippen molar-refractivity contribution in [1.82, 2.24) is 4.57 Å². The molecule has 1 fully saturated rings. The molecule has 4 rings (SSSR count). The molecule has 0 radical (unpaired) electrons. The maximum atomic E-state index is 5.41. The molecular formula is C22H23N3O. The molecule has 0 aliphatic carbocycles. The number of ether oxygens (including phenoxy) is 1. The highest BCUT2D eigenvalue weighted by Crippen LogP contribution is 2.23. The molecule has 0 saturated carbocycles. The highest BCUT2D eigenvalue weighted by atomic mass is 16.5. The highest BCUT2D eigenvalue weighted by molar-refractivity contribution is 6.00. The summed E-state index contributed by atoms with van der Waals surface area (Å²) in [7, 11) is 0. The lowest BCUT2D eigenvalue weighted by Crippen LogP contribution is -2.36. The lowest BCUT2D eigenvalue weighted by Gasteiger charge is -2.28. The van der Waals surface area contributed by atoms with E-state index < -0.39 is 0 Å². The quantitative estimate of drug-likeness (QED) is 0.506. The Hall–Kier alpha value is -2.85. The van der Waals surface area contributed by atoms with Crippen LogP contribution in [0.4, 0.5) is 11.4 Å². The van der Waals surface area contributed by atoms with Crippen LogP contribution in [0.3, 0.4) is 0 Å². The van der Waals surface area contributed by atoms with Crippen LogP contribution in [0, 0.1) is 0 Å². The SMILES string of the molecule is C=CCn1cc(C=Nc2ccc(N3CCOCC3)cc2)c2ccccc21. The number of fused-ring (bicyclic) bond motifs is 1. The molecular weight excluding hydrogens is 322 g/mol. The molecule has 2 heterocycles. The number of nitrogens with zero attached hydrogens (tertiary/aromatic N) is 3. The molecule has 1 saturated heterocycles. The zero-order valence-corrected chi connectivity index (χ0v) is 14.8. The van der Waals surface area contributed by atoms with Crippen molar-refractivity contribution in [2.24, 2.45) is 4.99 Å². The summed E-state index contributed by atoms with van der Waals surface area (Å²) in [6.45, 7) is 8.14. The molecule has 132 valence electrons. The second-order valence-corrected chi connectivity index (χ2v) is 6.42. The Balaban J connectivity index is 1.56. The Morgan fingerprint density at radius 3 is 2.58 bits per heavy atom. The van der Waals surface area contributed by atoms with Gasteiger partial charge in [-0.3, -0.25) is 4.99 Å². The van der Waals surface area contributed by atoms with Gasteiger partial charge in [0.1, 0.15) is 0 Å².